The van der Waals surface area contributed by atoms with Crippen LogP contribution in [0.1, 0.15) is 11.8 Å². The van der Waals surface area contributed by atoms with Crippen LogP contribution in [0.15, 0.2) is 34.9 Å². The lowest BCUT2D eigenvalue weighted by Crippen LogP contribution is -1.99. The van der Waals surface area contributed by atoms with Crippen LogP contribution in [0.4, 0.5) is 5.82 Å². The lowest BCUT2D eigenvalue weighted by atomic mass is 10.3. The van der Waals surface area contributed by atoms with Crippen molar-refractivity contribution in [2.75, 3.05) is 5.43 Å². The summed E-state index contributed by atoms with van der Waals surface area (Å²) in [5.74, 6) is 0.493. The second kappa shape index (κ2) is 5.49. The summed E-state index contributed by atoms with van der Waals surface area (Å²) in [6, 6.07) is 5.60. The van der Waals surface area contributed by atoms with Gasteiger partial charge in [-0.2, -0.15) is 5.10 Å². The summed E-state index contributed by atoms with van der Waals surface area (Å²) in [5, 5.41) is 7.16. The zero-order valence-corrected chi connectivity index (χ0v) is 11.3. The molecule has 2 aromatic rings. The number of halogens is 2. The van der Waals surface area contributed by atoms with Gasteiger partial charge in [-0.1, -0.05) is 29.3 Å². The summed E-state index contributed by atoms with van der Waals surface area (Å²) in [5.41, 5.74) is 3.70. The van der Waals surface area contributed by atoms with E-state index < -0.39 is 0 Å². The molecule has 0 spiro atoms. The van der Waals surface area contributed by atoms with Crippen molar-refractivity contribution in [1.82, 2.24) is 4.98 Å². The SMILES string of the molecule is C/C(=N/Nc1ncc(Cl)cc1Cl)c1cccs1. The fourth-order valence-electron chi connectivity index (χ4n) is 1.17. The van der Waals surface area contributed by atoms with Gasteiger partial charge in [-0.3, -0.25) is 5.43 Å². The Morgan fingerprint density at radius 3 is 2.94 bits per heavy atom. The molecule has 17 heavy (non-hydrogen) atoms. The van der Waals surface area contributed by atoms with E-state index in [9.17, 15) is 0 Å². The predicted octanol–water partition coefficient (Wildman–Crippen LogP) is 4.29. The van der Waals surface area contributed by atoms with Crippen molar-refractivity contribution < 1.29 is 0 Å². The van der Waals surface area contributed by atoms with Crippen molar-refractivity contribution in [1.29, 1.82) is 0 Å². The molecule has 0 aromatic carbocycles. The van der Waals surface area contributed by atoms with Crippen molar-refractivity contribution >= 4 is 46.1 Å². The van der Waals surface area contributed by atoms with Gasteiger partial charge in [0.15, 0.2) is 5.82 Å². The van der Waals surface area contributed by atoms with Crippen LogP contribution in [0.2, 0.25) is 10.0 Å². The van der Waals surface area contributed by atoms with E-state index >= 15 is 0 Å². The normalized spacial score (nSPS) is 11.6. The van der Waals surface area contributed by atoms with Crippen LogP contribution >= 0.6 is 34.5 Å². The van der Waals surface area contributed by atoms with Crippen molar-refractivity contribution in [3.63, 3.8) is 0 Å². The van der Waals surface area contributed by atoms with Gasteiger partial charge in [-0.25, -0.2) is 4.98 Å². The molecular weight excluding hydrogens is 277 g/mol. The van der Waals surface area contributed by atoms with Gasteiger partial charge in [0.25, 0.3) is 0 Å². The number of hydrazone groups is 1. The van der Waals surface area contributed by atoms with E-state index in [4.69, 9.17) is 23.2 Å². The molecule has 0 amide bonds. The number of anilines is 1. The third kappa shape index (κ3) is 3.19. The molecule has 6 heteroatoms. The maximum absolute atomic E-state index is 5.96. The molecule has 0 saturated heterocycles. The number of thiophene rings is 1. The van der Waals surface area contributed by atoms with E-state index in [1.165, 1.54) is 6.20 Å². The maximum Gasteiger partial charge on any atom is 0.165 e. The Bertz CT molecular complexity index is 538. The third-order valence-corrected chi connectivity index (χ3v) is 3.49. The van der Waals surface area contributed by atoms with Crippen LogP contribution in [-0.2, 0) is 0 Å². The summed E-state index contributed by atoms with van der Waals surface area (Å²) in [6.07, 6.45) is 1.52. The monoisotopic (exact) mass is 285 g/mol. The van der Waals surface area contributed by atoms with E-state index in [1.807, 2.05) is 24.4 Å². The Balaban J connectivity index is 2.14. The fourth-order valence-corrected chi connectivity index (χ4v) is 2.27. The molecule has 0 aliphatic heterocycles. The van der Waals surface area contributed by atoms with E-state index in [0.717, 1.165) is 10.6 Å². The first-order valence-electron chi connectivity index (χ1n) is 4.82. The first kappa shape index (κ1) is 12.4. The van der Waals surface area contributed by atoms with E-state index in [1.54, 1.807) is 17.4 Å². The highest BCUT2D eigenvalue weighted by Crippen LogP contribution is 2.22. The van der Waals surface area contributed by atoms with Gasteiger partial charge >= 0.3 is 0 Å². The Hall–Kier alpha value is -1.10. The molecule has 2 aromatic heterocycles. The van der Waals surface area contributed by atoms with Crippen LogP contribution in [0, 0.1) is 0 Å². The summed E-state index contributed by atoms with van der Waals surface area (Å²) >= 11 is 13.3. The Morgan fingerprint density at radius 1 is 1.47 bits per heavy atom. The Labute approximate surface area is 113 Å². The first-order chi connectivity index (χ1) is 8.16. The molecule has 0 aliphatic carbocycles. The number of nitrogens with zero attached hydrogens (tertiary/aromatic N) is 2. The molecule has 0 atom stereocenters. The Kier molecular flexibility index (Phi) is 3.99. The van der Waals surface area contributed by atoms with Crippen molar-refractivity contribution in [3.05, 3.63) is 44.7 Å². The summed E-state index contributed by atoms with van der Waals surface area (Å²) in [6.45, 7) is 1.92. The molecule has 2 rings (SSSR count). The highest BCUT2D eigenvalue weighted by Gasteiger charge is 2.02. The highest BCUT2D eigenvalue weighted by atomic mass is 35.5. The molecule has 2 heterocycles. The topological polar surface area (TPSA) is 37.3 Å². The minimum absolute atomic E-state index is 0.445. The average molecular weight is 286 g/mol. The molecule has 1 N–H and O–H groups in total. The van der Waals surface area contributed by atoms with Gasteiger partial charge in [0.05, 0.1) is 15.8 Å². The number of pyridine rings is 1. The quantitative estimate of drug-likeness (QED) is 0.675. The molecule has 88 valence electrons. The van der Waals surface area contributed by atoms with Gasteiger partial charge in [0, 0.05) is 11.1 Å². The van der Waals surface area contributed by atoms with Crippen LogP contribution in [0.3, 0.4) is 0 Å². The molecule has 3 nitrogen and oxygen atoms in total. The predicted molar refractivity (Wildman–Crippen MR) is 74.4 cm³/mol. The number of nitrogens with one attached hydrogen (secondary N) is 1. The first-order valence-corrected chi connectivity index (χ1v) is 6.45. The second-order valence-electron chi connectivity index (χ2n) is 3.27. The summed E-state index contributed by atoms with van der Waals surface area (Å²) in [4.78, 5) is 5.15. The number of aromatic nitrogens is 1. The fraction of sp³-hybridized carbons (Fsp3) is 0.0909. The van der Waals surface area contributed by atoms with Crippen molar-refractivity contribution in [3.8, 4) is 0 Å². The maximum atomic E-state index is 5.96. The van der Waals surface area contributed by atoms with Gasteiger partial charge in [-0.05, 0) is 24.4 Å². The minimum Gasteiger partial charge on any atom is -0.260 e. The van der Waals surface area contributed by atoms with Crippen molar-refractivity contribution in [2.45, 2.75) is 6.92 Å². The molecule has 0 radical (unpaired) electrons. The molecule has 0 fully saturated rings. The van der Waals surface area contributed by atoms with Crippen LogP contribution < -0.4 is 5.43 Å². The molecular formula is C11H9Cl2N3S. The highest BCUT2D eigenvalue weighted by molar-refractivity contribution is 7.12. The summed E-state index contributed by atoms with van der Waals surface area (Å²) in [7, 11) is 0. The minimum atomic E-state index is 0.445. The zero-order valence-electron chi connectivity index (χ0n) is 8.95. The smallest absolute Gasteiger partial charge is 0.165 e. The summed E-state index contributed by atoms with van der Waals surface area (Å²) < 4.78 is 0. The lowest BCUT2D eigenvalue weighted by molar-refractivity contribution is 1.22. The van der Waals surface area contributed by atoms with Crippen LogP contribution in [0.25, 0.3) is 0 Å². The molecule has 0 aliphatic rings. The van der Waals surface area contributed by atoms with E-state index in [0.29, 0.717) is 15.9 Å². The van der Waals surface area contributed by atoms with E-state index in [2.05, 4.69) is 15.5 Å². The van der Waals surface area contributed by atoms with Gasteiger partial charge in [0.2, 0.25) is 0 Å². The number of hydrogen-bond acceptors (Lipinski definition) is 4. The van der Waals surface area contributed by atoms with Crippen LogP contribution in [-0.4, -0.2) is 10.7 Å². The third-order valence-electron chi connectivity index (χ3n) is 2.02. The standard InChI is InChI=1S/C11H9Cl2N3S/c1-7(10-3-2-4-17-10)15-16-11-9(13)5-8(12)6-14-11/h2-6H,1H3,(H,14,16)/b15-7-. The van der Waals surface area contributed by atoms with Crippen molar-refractivity contribution in [2.24, 2.45) is 5.10 Å². The van der Waals surface area contributed by atoms with E-state index in [-0.39, 0.29) is 0 Å². The Morgan fingerprint density at radius 2 is 2.29 bits per heavy atom. The van der Waals surface area contributed by atoms with Gasteiger partial charge in [0.1, 0.15) is 0 Å². The average Bonchev–Trinajstić information content (AvgIpc) is 2.81. The number of rotatable bonds is 3. The van der Waals surface area contributed by atoms with Crippen LogP contribution in [0.5, 0.6) is 0 Å². The van der Waals surface area contributed by atoms with Gasteiger partial charge in [-0.15, -0.1) is 11.3 Å². The number of hydrogen-bond donors (Lipinski definition) is 1. The lowest BCUT2D eigenvalue weighted by Gasteiger charge is -2.03. The van der Waals surface area contributed by atoms with Gasteiger partial charge < -0.3 is 0 Å². The largest absolute Gasteiger partial charge is 0.260 e. The molecule has 0 unspecified atom stereocenters. The second-order valence-corrected chi connectivity index (χ2v) is 5.06. The zero-order chi connectivity index (χ0) is 12.3. The molecule has 0 saturated carbocycles. The molecule has 0 bridgehead atoms.